The minimum atomic E-state index is 0.315. The van der Waals surface area contributed by atoms with E-state index >= 15 is 0 Å². The molecular formula is C13H17N3S. The molecule has 1 heterocycles. The Kier molecular flexibility index (Phi) is 4.67. The van der Waals surface area contributed by atoms with Crippen LogP contribution in [0.15, 0.2) is 42.0 Å². The van der Waals surface area contributed by atoms with Crippen LogP contribution >= 0.6 is 11.3 Å². The number of benzene rings is 1. The minimum absolute atomic E-state index is 0.315. The van der Waals surface area contributed by atoms with Gasteiger partial charge in [0.2, 0.25) is 0 Å². The number of hydrogen-bond acceptors (Lipinski definition) is 4. The fourth-order valence-electron chi connectivity index (χ4n) is 1.82. The largest absolute Gasteiger partial charge is 0.271 e. The van der Waals surface area contributed by atoms with Gasteiger partial charge in [-0.1, -0.05) is 30.3 Å². The van der Waals surface area contributed by atoms with Crippen LogP contribution < -0.4 is 11.3 Å². The zero-order chi connectivity index (χ0) is 11.9. The summed E-state index contributed by atoms with van der Waals surface area (Å²) in [5, 5.41) is 0. The van der Waals surface area contributed by atoms with E-state index in [2.05, 4.69) is 34.7 Å². The lowest BCUT2D eigenvalue weighted by atomic mass is 10.0. The van der Waals surface area contributed by atoms with Gasteiger partial charge in [0.05, 0.1) is 5.51 Å². The van der Waals surface area contributed by atoms with E-state index in [1.165, 1.54) is 10.4 Å². The molecule has 1 atom stereocenters. The van der Waals surface area contributed by atoms with E-state index in [0.29, 0.717) is 6.04 Å². The quantitative estimate of drug-likeness (QED) is 0.607. The normalized spacial score (nSPS) is 12.5. The molecule has 0 saturated heterocycles. The molecule has 0 aliphatic rings. The second kappa shape index (κ2) is 6.49. The van der Waals surface area contributed by atoms with Crippen LogP contribution in [-0.4, -0.2) is 11.0 Å². The molecule has 1 unspecified atom stereocenters. The highest BCUT2D eigenvalue weighted by Gasteiger charge is 2.08. The summed E-state index contributed by atoms with van der Waals surface area (Å²) in [5.41, 5.74) is 6.11. The number of nitrogens with two attached hydrogens (primary N) is 1. The Labute approximate surface area is 106 Å². The first-order valence-electron chi connectivity index (χ1n) is 5.76. The molecule has 90 valence electrons. The van der Waals surface area contributed by atoms with Crippen molar-refractivity contribution in [3.05, 3.63) is 52.5 Å². The fourth-order valence-corrected chi connectivity index (χ4v) is 2.49. The molecule has 0 bridgehead atoms. The van der Waals surface area contributed by atoms with Crippen molar-refractivity contribution in [3.8, 4) is 0 Å². The van der Waals surface area contributed by atoms with Gasteiger partial charge < -0.3 is 0 Å². The highest BCUT2D eigenvalue weighted by Crippen LogP contribution is 2.12. The third-order valence-corrected chi connectivity index (χ3v) is 3.59. The Morgan fingerprint density at radius 1 is 1.29 bits per heavy atom. The summed E-state index contributed by atoms with van der Waals surface area (Å²) in [6.45, 7) is 0. The van der Waals surface area contributed by atoms with Crippen molar-refractivity contribution in [3.63, 3.8) is 0 Å². The fraction of sp³-hybridized carbons (Fsp3) is 0.308. The smallest absolute Gasteiger partial charge is 0.0794 e. The lowest BCUT2D eigenvalue weighted by Crippen LogP contribution is -2.36. The van der Waals surface area contributed by atoms with Crippen LogP contribution in [0.2, 0.25) is 0 Å². The van der Waals surface area contributed by atoms with Crippen LogP contribution in [0.3, 0.4) is 0 Å². The lowest BCUT2D eigenvalue weighted by molar-refractivity contribution is 0.494. The summed E-state index contributed by atoms with van der Waals surface area (Å²) >= 11 is 1.68. The van der Waals surface area contributed by atoms with E-state index in [0.717, 1.165) is 19.3 Å². The van der Waals surface area contributed by atoms with Crippen LogP contribution in [0.4, 0.5) is 0 Å². The van der Waals surface area contributed by atoms with Crippen molar-refractivity contribution in [2.75, 3.05) is 0 Å². The van der Waals surface area contributed by atoms with Crippen molar-refractivity contribution < 1.29 is 0 Å². The van der Waals surface area contributed by atoms with Crippen LogP contribution in [0.5, 0.6) is 0 Å². The lowest BCUT2D eigenvalue weighted by Gasteiger charge is -2.14. The number of aromatic nitrogens is 1. The van der Waals surface area contributed by atoms with Crippen LogP contribution in [0.25, 0.3) is 0 Å². The van der Waals surface area contributed by atoms with Crippen molar-refractivity contribution in [2.45, 2.75) is 25.3 Å². The van der Waals surface area contributed by atoms with Crippen molar-refractivity contribution in [1.82, 2.24) is 10.4 Å². The summed E-state index contributed by atoms with van der Waals surface area (Å²) in [5.74, 6) is 5.59. The van der Waals surface area contributed by atoms with Gasteiger partial charge >= 0.3 is 0 Å². The van der Waals surface area contributed by atoms with E-state index in [1.54, 1.807) is 11.3 Å². The van der Waals surface area contributed by atoms with Gasteiger partial charge in [-0.25, -0.2) is 0 Å². The minimum Gasteiger partial charge on any atom is -0.271 e. The molecule has 1 aromatic heterocycles. The molecule has 2 rings (SSSR count). The first-order chi connectivity index (χ1) is 8.38. The third kappa shape index (κ3) is 3.93. The third-order valence-electron chi connectivity index (χ3n) is 2.79. The molecule has 0 saturated carbocycles. The van der Waals surface area contributed by atoms with Gasteiger partial charge in [0.25, 0.3) is 0 Å². The van der Waals surface area contributed by atoms with Gasteiger partial charge in [-0.05, 0) is 18.4 Å². The Morgan fingerprint density at radius 2 is 2.12 bits per heavy atom. The standard InChI is InChI=1S/C13H17N3S/c14-16-12(8-13-9-15-10-17-13)7-6-11-4-2-1-3-5-11/h1-5,9-10,12,16H,6-8,14H2. The molecule has 0 fully saturated rings. The first kappa shape index (κ1) is 12.2. The van der Waals surface area contributed by atoms with Crippen LogP contribution in [0, 0.1) is 0 Å². The van der Waals surface area contributed by atoms with Gasteiger partial charge in [0.15, 0.2) is 0 Å². The van der Waals surface area contributed by atoms with Gasteiger partial charge in [-0.15, -0.1) is 11.3 Å². The number of hydrazine groups is 1. The SMILES string of the molecule is NNC(CCc1ccccc1)Cc1cncs1. The predicted octanol–water partition coefficient (Wildman–Crippen LogP) is 2.15. The molecule has 3 nitrogen and oxygen atoms in total. The van der Waals surface area contributed by atoms with Gasteiger partial charge in [-0.2, -0.15) is 0 Å². The molecule has 0 radical (unpaired) electrons. The Balaban J connectivity index is 1.84. The van der Waals surface area contributed by atoms with E-state index in [-0.39, 0.29) is 0 Å². The summed E-state index contributed by atoms with van der Waals surface area (Å²) in [6.07, 6.45) is 4.96. The van der Waals surface area contributed by atoms with Crippen molar-refractivity contribution in [2.24, 2.45) is 5.84 Å². The second-order valence-electron chi connectivity index (χ2n) is 4.06. The molecule has 0 spiro atoms. The van der Waals surface area contributed by atoms with Crippen LogP contribution in [-0.2, 0) is 12.8 Å². The second-order valence-corrected chi connectivity index (χ2v) is 5.03. The predicted molar refractivity (Wildman–Crippen MR) is 71.7 cm³/mol. The Hall–Kier alpha value is -1.23. The molecule has 4 heteroatoms. The van der Waals surface area contributed by atoms with Gasteiger partial charge in [0.1, 0.15) is 0 Å². The maximum absolute atomic E-state index is 5.59. The monoisotopic (exact) mass is 247 g/mol. The zero-order valence-corrected chi connectivity index (χ0v) is 10.5. The zero-order valence-electron chi connectivity index (χ0n) is 9.67. The number of nitrogens with zero attached hydrogens (tertiary/aromatic N) is 1. The number of thiazole rings is 1. The summed E-state index contributed by atoms with van der Waals surface area (Å²) < 4.78 is 0. The molecule has 0 aliphatic heterocycles. The van der Waals surface area contributed by atoms with E-state index < -0.39 is 0 Å². The van der Waals surface area contributed by atoms with E-state index in [1.807, 2.05) is 17.8 Å². The molecule has 0 amide bonds. The molecular weight excluding hydrogens is 230 g/mol. The molecule has 17 heavy (non-hydrogen) atoms. The summed E-state index contributed by atoms with van der Waals surface area (Å²) in [7, 11) is 0. The summed E-state index contributed by atoms with van der Waals surface area (Å²) in [6, 6.07) is 10.8. The van der Waals surface area contributed by atoms with Crippen molar-refractivity contribution >= 4 is 11.3 Å². The first-order valence-corrected chi connectivity index (χ1v) is 6.64. The highest BCUT2D eigenvalue weighted by atomic mass is 32.1. The molecule has 3 N–H and O–H groups in total. The molecule has 1 aromatic carbocycles. The number of nitrogens with one attached hydrogen (secondary N) is 1. The molecule has 0 aliphatic carbocycles. The molecule has 2 aromatic rings. The maximum atomic E-state index is 5.59. The Bertz CT molecular complexity index is 413. The van der Waals surface area contributed by atoms with Gasteiger partial charge in [0, 0.05) is 23.5 Å². The summed E-state index contributed by atoms with van der Waals surface area (Å²) in [4.78, 5) is 5.36. The van der Waals surface area contributed by atoms with Gasteiger partial charge in [-0.3, -0.25) is 16.3 Å². The highest BCUT2D eigenvalue weighted by molar-refractivity contribution is 7.09. The number of aryl methyl sites for hydroxylation is 1. The van der Waals surface area contributed by atoms with E-state index in [4.69, 9.17) is 5.84 Å². The van der Waals surface area contributed by atoms with E-state index in [9.17, 15) is 0 Å². The Morgan fingerprint density at radius 3 is 2.76 bits per heavy atom. The maximum Gasteiger partial charge on any atom is 0.0794 e. The topological polar surface area (TPSA) is 50.9 Å². The average molecular weight is 247 g/mol. The number of rotatable bonds is 6. The van der Waals surface area contributed by atoms with Crippen LogP contribution in [0.1, 0.15) is 16.9 Å². The van der Waals surface area contributed by atoms with Crippen molar-refractivity contribution in [1.29, 1.82) is 0 Å². The average Bonchev–Trinajstić information content (AvgIpc) is 2.88. The number of hydrogen-bond donors (Lipinski definition) is 2.